The van der Waals surface area contributed by atoms with Crippen molar-refractivity contribution in [3.8, 4) is 0 Å². The average Bonchev–Trinajstić information content (AvgIpc) is 2.04. The van der Waals surface area contributed by atoms with E-state index in [1.807, 2.05) is 0 Å². The fourth-order valence-electron chi connectivity index (χ4n) is 0.736. The van der Waals surface area contributed by atoms with Gasteiger partial charge in [-0.05, 0) is 17.7 Å². The van der Waals surface area contributed by atoms with Crippen molar-refractivity contribution < 1.29 is 9.23 Å². The Labute approximate surface area is 64.9 Å². The standard InChI is InChI=1S/C8H10FNO/c1-10-11-6-7-2-4-8(9)5-3-7/h2-5,10H,6H2,1H3/i9-1. The lowest BCUT2D eigenvalue weighted by Gasteiger charge is -2.00. The molecule has 3 heteroatoms. The van der Waals surface area contributed by atoms with Gasteiger partial charge in [0.2, 0.25) is 0 Å². The van der Waals surface area contributed by atoms with Crippen LogP contribution in [0.2, 0.25) is 0 Å². The van der Waals surface area contributed by atoms with E-state index >= 15 is 0 Å². The summed E-state index contributed by atoms with van der Waals surface area (Å²) in [6.07, 6.45) is 0. The summed E-state index contributed by atoms with van der Waals surface area (Å²) >= 11 is 0. The Balaban J connectivity index is 2.52. The molecule has 1 aromatic carbocycles. The zero-order valence-corrected chi connectivity index (χ0v) is 6.30. The van der Waals surface area contributed by atoms with Crippen molar-refractivity contribution in [1.82, 2.24) is 5.48 Å². The van der Waals surface area contributed by atoms with Gasteiger partial charge in [-0.25, -0.2) is 9.87 Å². The van der Waals surface area contributed by atoms with E-state index in [-0.39, 0.29) is 5.82 Å². The summed E-state index contributed by atoms with van der Waals surface area (Å²) in [5.74, 6) is -0.224. The van der Waals surface area contributed by atoms with Gasteiger partial charge in [-0.1, -0.05) is 12.1 Å². The number of hydroxylamine groups is 1. The molecule has 0 fully saturated rings. The van der Waals surface area contributed by atoms with Gasteiger partial charge in [0, 0.05) is 7.05 Å². The van der Waals surface area contributed by atoms with Gasteiger partial charge in [-0.2, -0.15) is 0 Å². The number of benzene rings is 1. The minimum absolute atomic E-state index is 0.224. The van der Waals surface area contributed by atoms with Crippen molar-refractivity contribution in [2.75, 3.05) is 7.05 Å². The lowest BCUT2D eigenvalue weighted by Crippen LogP contribution is -2.06. The second kappa shape index (κ2) is 4.05. The highest BCUT2D eigenvalue weighted by molar-refractivity contribution is 5.14. The third kappa shape index (κ3) is 2.65. The monoisotopic (exact) mass is 154 g/mol. The van der Waals surface area contributed by atoms with E-state index in [2.05, 4.69) is 5.48 Å². The SMILES string of the molecule is CNOCc1ccc([18F])cc1. The summed E-state index contributed by atoms with van der Waals surface area (Å²) in [7, 11) is 1.68. The number of hydrogen-bond acceptors (Lipinski definition) is 2. The molecule has 0 radical (unpaired) electrons. The van der Waals surface area contributed by atoms with E-state index in [0.29, 0.717) is 6.61 Å². The molecule has 0 aliphatic heterocycles. The molecule has 0 spiro atoms. The quantitative estimate of drug-likeness (QED) is 0.666. The van der Waals surface area contributed by atoms with E-state index in [4.69, 9.17) is 4.84 Å². The van der Waals surface area contributed by atoms with Gasteiger partial charge in [-0.3, -0.25) is 4.84 Å². The molecular formula is C8H10FNO. The molecule has 60 valence electrons. The van der Waals surface area contributed by atoms with Crippen LogP contribution in [0.3, 0.4) is 0 Å². The number of nitrogens with one attached hydrogen (secondary N) is 1. The summed E-state index contributed by atoms with van der Waals surface area (Å²) in [5, 5.41) is 0. The van der Waals surface area contributed by atoms with Crippen LogP contribution in [0.25, 0.3) is 0 Å². The maximum atomic E-state index is 12.4. The van der Waals surface area contributed by atoms with Crippen molar-refractivity contribution in [2.24, 2.45) is 0 Å². The first-order valence-electron chi connectivity index (χ1n) is 3.36. The molecule has 0 bridgehead atoms. The first kappa shape index (κ1) is 8.17. The molecule has 1 N–H and O–H groups in total. The smallest absolute Gasteiger partial charge is 0.123 e. The Bertz CT molecular complexity index is 210. The average molecular weight is 154 g/mol. The van der Waals surface area contributed by atoms with E-state index in [9.17, 15) is 4.39 Å². The fraction of sp³-hybridized carbons (Fsp3) is 0.250. The van der Waals surface area contributed by atoms with Crippen LogP contribution in [0, 0.1) is 5.82 Å². The molecule has 0 heterocycles. The van der Waals surface area contributed by atoms with E-state index in [1.54, 1.807) is 19.2 Å². The lowest BCUT2D eigenvalue weighted by atomic mass is 10.2. The van der Waals surface area contributed by atoms with Crippen LogP contribution in [0.5, 0.6) is 0 Å². The minimum atomic E-state index is -0.224. The Morgan fingerprint density at radius 1 is 1.36 bits per heavy atom. The first-order valence-corrected chi connectivity index (χ1v) is 3.36. The van der Waals surface area contributed by atoms with Gasteiger partial charge in [-0.15, -0.1) is 0 Å². The molecule has 0 aromatic heterocycles. The van der Waals surface area contributed by atoms with Crippen molar-refractivity contribution in [3.05, 3.63) is 35.6 Å². The zero-order valence-electron chi connectivity index (χ0n) is 6.30. The topological polar surface area (TPSA) is 21.3 Å². The molecule has 0 atom stereocenters. The molecule has 0 aliphatic carbocycles. The normalized spacial score (nSPS) is 10.0. The Hall–Kier alpha value is -0.930. The Morgan fingerprint density at radius 3 is 2.55 bits per heavy atom. The van der Waals surface area contributed by atoms with Gasteiger partial charge in [0.05, 0.1) is 6.61 Å². The Morgan fingerprint density at radius 2 is 2.00 bits per heavy atom. The minimum Gasteiger partial charge on any atom is -0.297 e. The largest absolute Gasteiger partial charge is 0.297 e. The number of halogens is 1. The zero-order chi connectivity index (χ0) is 8.10. The fourth-order valence-corrected chi connectivity index (χ4v) is 0.736. The molecule has 11 heavy (non-hydrogen) atoms. The van der Waals surface area contributed by atoms with Gasteiger partial charge >= 0.3 is 0 Å². The molecule has 0 saturated heterocycles. The maximum Gasteiger partial charge on any atom is 0.123 e. The van der Waals surface area contributed by atoms with Crippen LogP contribution in [0.4, 0.5) is 4.39 Å². The summed E-state index contributed by atoms with van der Waals surface area (Å²) in [6, 6.07) is 6.20. The highest BCUT2D eigenvalue weighted by Gasteiger charge is 1.91. The summed E-state index contributed by atoms with van der Waals surface area (Å²) < 4.78 is 12.4. The highest BCUT2D eigenvalue weighted by atomic mass is 18.2. The molecule has 0 amide bonds. The molecule has 1 aromatic rings. The van der Waals surface area contributed by atoms with Crippen molar-refractivity contribution in [1.29, 1.82) is 0 Å². The van der Waals surface area contributed by atoms with Gasteiger partial charge < -0.3 is 0 Å². The maximum absolute atomic E-state index is 12.4. The van der Waals surface area contributed by atoms with Crippen LogP contribution < -0.4 is 5.48 Å². The van der Waals surface area contributed by atoms with Crippen molar-refractivity contribution in [3.63, 3.8) is 0 Å². The second-order valence-electron chi connectivity index (χ2n) is 2.12. The predicted molar refractivity (Wildman–Crippen MR) is 40.2 cm³/mol. The van der Waals surface area contributed by atoms with Gasteiger partial charge in [0.15, 0.2) is 0 Å². The van der Waals surface area contributed by atoms with E-state index < -0.39 is 0 Å². The van der Waals surface area contributed by atoms with Gasteiger partial charge in [0.1, 0.15) is 5.82 Å². The molecule has 0 saturated carbocycles. The molecular weight excluding hydrogens is 144 g/mol. The summed E-state index contributed by atoms with van der Waals surface area (Å²) in [5.41, 5.74) is 3.48. The highest BCUT2D eigenvalue weighted by Crippen LogP contribution is 2.02. The van der Waals surface area contributed by atoms with Crippen molar-refractivity contribution >= 4 is 0 Å². The summed E-state index contributed by atoms with van der Waals surface area (Å²) in [4.78, 5) is 4.89. The van der Waals surface area contributed by atoms with Gasteiger partial charge in [0.25, 0.3) is 0 Å². The van der Waals surface area contributed by atoms with E-state index in [1.165, 1.54) is 12.1 Å². The second-order valence-corrected chi connectivity index (χ2v) is 2.12. The van der Waals surface area contributed by atoms with Crippen LogP contribution >= 0.6 is 0 Å². The Kier molecular flexibility index (Phi) is 3.01. The number of rotatable bonds is 3. The predicted octanol–water partition coefficient (Wildman–Crippen LogP) is 1.48. The van der Waals surface area contributed by atoms with Crippen LogP contribution in [-0.2, 0) is 11.4 Å². The van der Waals surface area contributed by atoms with Crippen LogP contribution in [-0.4, -0.2) is 7.05 Å². The third-order valence-electron chi connectivity index (χ3n) is 1.30. The molecule has 2 nitrogen and oxygen atoms in total. The number of hydrogen-bond donors (Lipinski definition) is 1. The lowest BCUT2D eigenvalue weighted by molar-refractivity contribution is 0.0444. The van der Waals surface area contributed by atoms with Crippen molar-refractivity contribution in [2.45, 2.75) is 6.61 Å². The molecule has 0 unspecified atom stereocenters. The molecule has 0 aliphatic rings. The molecule has 1 rings (SSSR count). The van der Waals surface area contributed by atoms with Crippen LogP contribution in [0.15, 0.2) is 24.3 Å². The third-order valence-corrected chi connectivity index (χ3v) is 1.30. The summed E-state index contributed by atoms with van der Waals surface area (Å²) in [6.45, 7) is 0.455. The first-order chi connectivity index (χ1) is 5.33. The van der Waals surface area contributed by atoms with E-state index in [0.717, 1.165) is 5.56 Å². The van der Waals surface area contributed by atoms with Crippen LogP contribution in [0.1, 0.15) is 5.56 Å².